The minimum Gasteiger partial charge on any atom is -0.445 e. The Morgan fingerprint density at radius 2 is 1.61 bits per heavy atom. The average molecular weight is 426 g/mol. The summed E-state index contributed by atoms with van der Waals surface area (Å²) in [7, 11) is 0. The Morgan fingerprint density at radius 3 is 2.26 bits per heavy atom. The van der Waals surface area contributed by atoms with Gasteiger partial charge in [0.15, 0.2) is 0 Å². The van der Waals surface area contributed by atoms with Crippen LogP contribution in [-0.4, -0.2) is 60.6 Å². The monoisotopic (exact) mass is 426 g/mol. The summed E-state index contributed by atoms with van der Waals surface area (Å²) >= 11 is 0. The lowest BCUT2D eigenvalue weighted by Gasteiger charge is -2.40. The molecule has 164 valence electrons. The smallest absolute Gasteiger partial charge is 0.410 e. The van der Waals surface area contributed by atoms with Crippen molar-refractivity contribution in [2.24, 2.45) is 0 Å². The van der Waals surface area contributed by atoms with Crippen molar-refractivity contribution in [1.82, 2.24) is 20.7 Å². The molecule has 1 aliphatic rings. The molecule has 1 heterocycles. The first kappa shape index (κ1) is 22.1. The maximum Gasteiger partial charge on any atom is 0.410 e. The number of hydrogen-bond donors (Lipinski definition) is 2. The first-order valence-corrected chi connectivity index (χ1v) is 10.0. The number of carbonyl (C=O) groups is 3. The van der Waals surface area contributed by atoms with E-state index in [1.165, 1.54) is 0 Å². The number of rotatable bonds is 8. The first-order chi connectivity index (χ1) is 15.2. The molecular formula is C22H26N4O5. The molecule has 9 heteroatoms. The van der Waals surface area contributed by atoms with Crippen molar-refractivity contribution < 1.29 is 23.9 Å². The van der Waals surface area contributed by atoms with Gasteiger partial charge in [-0.2, -0.15) is 0 Å². The van der Waals surface area contributed by atoms with Gasteiger partial charge in [0.2, 0.25) is 6.41 Å². The molecule has 2 aromatic rings. The van der Waals surface area contributed by atoms with Crippen LogP contribution in [0, 0.1) is 0 Å². The highest BCUT2D eigenvalue weighted by atomic mass is 16.6. The Kier molecular flexibility index (Phi) is 8.24. The normalized spacial score (nSPS) is 15.8. The van der Waals surface area contributed by atoms with E-state index in [-0.39, 0.29) is 26.3 Å². The fourth-order valence-electron chi connectivity index (χ4n) is 3.29. The van der Waals surface area contributed by atoms with Gasteiger partial charge >= 0.3 is 12.1 Å². The third-order valence-electron chi connectivity index (χ3n) is 4.87. The predicted molar refractivity (Wildman–Crippen MR) is 113 cm³/mol. The minimum atomic E-state index is -0.460. The largest absolute Gasteiger partial charge is 0.445 e. The van der Waals surface area contributed by atoms with E-state index in [2.05, 4.69) is 10.9 Å². The van der Waals surface area contributed by atoms with E-state index < -0.39 is 18.2 Å². The molecule has 0 saturated carbocycles. The molecular weight excluding hydrogens is 400 g/mol. The third-order valence-corrected chi connectivity index (χ3v) is 4.87. The molecule has 2 N–H and O–H groups in total. The van der Waals surface area contributed by atoms with Crippen LogP contribution in [0.2, 0.25) is 0 Å². The number of amides is 4. The molecule has 0 aromatic heterocycles. The number of nitrogens with one attached hydrogen (secondary N) is 2. The Balaban J connectivity index is 1.57. The molecule has 0 spiro atoms. The number of hydrogen-bond acceptors (Lipinski definition) is 5. The fourth-order valence-corrected chi connectivity index (χ4v) is 3.29. The summed E-state index contributed by atoms with van der Waals surface area (Å²) in [6.07, 6.45) is -0.0568. The van der Waals surface area contributed by atoms with Crippen LogP contribution >= 0.6 is 0 Å². The number of nitrogens with zero attached hydrogens (tertiary/aromatic N) is 2. The Morgan fingerprint density at radius 1 is 0.968 bits per heavy atom. The second kappa shape index (κ2) is 11.6. The van der Waals surface area contributed by atoms with E-state index >= 15 is 0 Å². The average Bonchev–Trinajstić information content (AvgIpc) is 2.82. The van der Waals surface area contributed by atoms with Gasteiger partial charge in [0.25, 0.3) is 0 Å². The van der Waals surface area contributed by atoms with Crippen LogP contribution in [0.4, 0.5) is 9.59 Å². The Hall–Kier alpha value is -3.59. The van der Waals surface area contributed by atoms with E-state index in [9.17, 15) is 14.4 Å². The van der Waals surface area contributed by atoms with E-state index in [0.717, 1.165) is 11.1 Å². The van der Waals surface area contributed by atoms with Gasteiger partial charge in [0.05, 0.1) is 19.3 Å². The SMILES string of the molecule is O=CNNC(=O)N1CCN(C(=O)OCc2ccccc2)C[C@H]1COCc1ccccc1. The van der Waals surface area contributed by atoms with Gasteiger partial charge in [0.1, 0.15) is 6.61 Å². The summed E-state index contributed by atoms with van der Waals surface area (Å²) in [6.45, 7) is 1.66. The van der Waals surface area contributed by atoms with E-state index in [4.69, 9.17) is 9.47 Å². The van der Waals surface area contributed by atoms with Crippen LogP contribution in [0.25, 0.3) is 0 Å². The van der Waals surface area contributed by atoms with E-state index in [0.29, 0.717) is 19.6 Å². The third kappa shape index (κ3) is 6.71. The second-order valence-electron chi connectivity index (χ2n) is 7.03. The van der Waals surface area contributed by atoms with E-state index in [1.807, 2.05) is 60.7 Å². The number of urea groups is 1. The van der Waals surface area contributed by atoms with Crippen LogP contribution in [0.15, 0.2) is 60.7 Å². The van der Waals surface area contributed by atoms with Crippen molar-refractivity contribution in [3.63, 3.8) is 0 Å². The molecule has 0 radical (unpaired) electrons. The highest BCUT2D eigenvalue weighted by molar-refractivity contribution is 5.76. The van der Waals surface area contributed by atoms with Crippen LogP contribution in [0.5, 0.6) is 0 Å². The Labute approximate surface area is 180 Å². The molecule has 31 heavy (non-hydrogen) atoms. The topological polar surface area (TPSA) is 100 Å². The summed E-state index contributed by atoms with van der Waals surface area (Å²) < 4.78 is 11.2. The molecule has 1 atom stereocenters. The number of hydrazine groups is 1. The maximum atomic E-state index is 12.5. The van der Waals surface area contributed by atoms with E-state index in [1.54, 1.807) is 9.80 Å². The predicted octanol–water partition coefficient (Wildman–Crippen LogP) is 1.90. The lowest BCUT2D eigenvalue weighted by atomic mass is 10.2. The highest BCUT2D eigenvalue weighted by Gasteiger charge is 2.33. The lowest BCUT2D eigenvalue weighted by Crippen LogP contribution is -2.61. The first-order valence-electron chi connectivity index (χ1n) is 10.0. The fraction of sp³-hybridized carbons (Fsp3) is 0.318. The van der Waals surface area contributed by atoms with Crippen LogP contribution in [0.1, 0.15) is 11.1 Å². The zero-order valence-corrected chi connectivity index (χ0v) is 17.1. The zero-order valence-electron chi connectivity index (χ0n) is 17.1. The van der Waals surface area contributed by atoms with Crippen molar-refractivity contribution in [1.29, 1.82) is 0 Å². The molecule has 4 amide bonds. The summed E-state index contributed by atoms with van der Waals surface area (Å²) in [4.78, 5) is 38.5. The summed E-state index contributed by atoms with van der Waals surface area (Å²) in [5, 5.41) is 0. The number of carbonyl (C=O) groups excluding carboxylic acids is 3. The highest BCUT2D eigenvalue weighted by Crippen LogP contribution is 2.14. The maximum absolute atomic E-state index is 12.5. The van der Waals surface area contributed by atoms with Gasteiger partial charge in [-0.15, -0.1) is 0 Å². The quantitative estimate of drug-likeness (QED) is 0.496. The summed E-state index contributed by atoms with van der Waals surface area (Å²) in [5.41, 5.74) is 6.37. The van der Waals surface area contributed by atoms with Crippen LogP contribution in [-0.2, 0) is 27.5 Å². The van der Waals surface area contributed by atoms with Gasteiger partial charge in [-0.05, 0) is 11.1 Å². The molecule has 1 fully saturated rings. The van der Waals surface area contributed by atoms with Gasteiger partial charge in [0, 0.05) is 19.6 Å². The van der Waals surface area contributed by atoms with Crippen molar-refractivity contribution in [3.8, 4) is 0 Å². The molecule has 1 saturated heterocycles. The number of piperazine rings is 1. The second-order valence-corrected chi connectivity index (χ2v) is 7.03. The molecule has 9 nitrogen and oxygen atoms in total. The summed E-state index contributed by atoms with van der Waals surface area (Å²) in [5.74, 6) is 0. The molecule has 2 aromatic carbocycles. The lowest BCUT2D eigenvalue weighted by molar-refractivity contribution is -0.110. The van der Waals surface area contributed by atoms with Gasteiger partial charge < -0.3 is 19.3 Å². The minimum absolute atomic E-state index is 0.179. The van der Waals surface area contributed by atoms with Gasteiger partial charge in [-0.1, -0.05) is 60.7 Å². The standard InChI is InChI=1S/C22H26N4O5/c27-17-23-24-21(28)26-12-11-25(22(29)31-15-19-9-5-2-6-10-19)13-20(26)16-30-14-18-7-3-1-4-8-18/h1-10,17,20H,11-16H2,(H,23,27)(H,24,28)/t20-/m0/s1. The number of benzene rings is 2. The van der Waals surface area contributed by atoms with Crippen molar-refractivity contribution in [3.05, 3.63) is 71.8 Å². The molecule has 0 unspecified atom stereocenters. The molecule has 0 aliphatic carbocycles. The Bertz CT molecular complexity index is 849. The number of ether oxygens (including phenoxy) is 2. The van der Waals surface area contributed by atoms with Crippen LogP contribution in [0.3, 0.4) is 0 Å². The van der Waals surface area contributed by atoms with Crippen molar-refractivity contribution >= 4 is 18.5 Å². The zero-order chi connectivity index (χ0) is 21.9. The van der Waals surface area contributed by atoms with Gasteiger partial charge in [-0.25, -0.2) is 15.0 Å². The molecule has 3 rings (SSSR count). The van der Waals surface area contributed by atoms with Crippen molar-refractivity contribution in [2.75, 3.05) is 26.2 Å². The summed E-state index contributed by atoms with van der Waals surface area (Å²) in [6, 6.07) is 18.3. The molecule has 0 bridgehead atoms. The molecule has 1 aliphatic heterocycles. The van der Waals surface area contributed by atoms with Crippen LogP contribution < -0.4 is 10.9 Å². The van der Waals surface area contributed by atoms with Gasteiger partial charge in [-0.3, -0.25) is 10.2 Å². The van der Waals surface area contributed by atoms with Crippen molar-refractivity contribution in [2.45, 2.75) is 19.3 Å².